The molecule has 2 heterocycles. The van der Waals surface area contributed by atoms with Crippen LogP contribution in [0, 0.1) is 5.92 Å². The molecule has 1 fully saturated rings. The van der Waals surface area contributed by atoms with Crippen molar-refractivity contribution in [3.63, 3.8) is 0 Å². The van der Waals surface area contributed by atoms with Crippen molar-refractivity contribution in [2.24, 2.45) is 5.92 Å². The summed E-state index contributed by atoms with van der Waals surface area (Å²) in [6.07, 6.45) is 1.98. The Balaban J connectivity index is 2.25. The molecule has 1 aliphatic heterocycles. The predicted octanol–water partition coefficient (Wildman–Crippen LogP) is 2.35. The minimum absolute atomic E-state index is 0.155. The number of aliphatic carboxylic acids is 1. The van der Waals surface area contributed by atoms with E-state index >= 15 is 0 Å². The molecule has 0 bridgehead atoms. The van der Waals surface area contributed by atoms with E-state index in [9.17, 15) is 9.90 Å². The number of carboxylic acid groups (broad SMARTS) is 1. The Bertz CT molecular complexity index is 433. The molecule has 0 amide bonds. The molecule has 0 spiro atoms. The molecule has 2 rings (SSSR count). The van der Waals surface area contributed by atoms with Crippen molar-refractivity contribution in [2.75, 3.05) is 11.4 Å². The maximum atomic E-state index is 11.4. The SMILES string of the molecule is CC(C)c1nsc(N2CCCC(C)C2C(=O)O)n1. The molecule has 1 aliphatic rings. The molecule has 5 nitrogen and oxygen atoms in total. The highest BCUT2D eigenvalue weighted by atomic mass is 32.1. The molecule has 0 aliphatic carbocycles. The molecule has 18 heavy (non-hydrogen) atoms. The second-order valence-corrected chi connectivity index (χ2v) is 5.92. The first-order chi connectivity index (χ1) is 8.50. The lowest BCUT2D eigenvalue weighted by Crippen LogP contribution is -2.49. The highest BCUT2D eigenvalue weighted by Crippen LogP contribution is 2.30. The van der Waals surface area contributed by atoms with Gasteiger partial charge in [0.05, 0.1) is 0 Å². The van der Waals surface area contributed by atoms with E-state index in [2.05, 4.69) is 9.36 Å². The first-order valence-corrected chi connectivity index (χ1v) is 7.11. The van der Waals surface area contributed by atoms with Crippen molar-refractivity contribution < 1.29 is 9.90 Å². The van der Waals surface area contributed by atoms with E-state index in [0.29, 0.717) is 0 Å². The number of anilines is 1. The lowest BCUT2D eigenvalue weighted by Gasteiger charge is -2.36. The van der Waals surface area contributed by atoms with Gasteiger partial charge in [-0.1, -0.05) is 20.8 Å². The van der Waals surface area contributed by atoms with Gasteiger partial charge in [-0.25, -0.2) is 9.78 Å². The normalized spacial score (nSPS) is 24.6. The number of hydrogen-bond donors (Lipinski definition) is 1. The van der Waals surface area contributed by atoms with E-state index in [1.807, 2.05) is 25.7 Å². The van der Waals surface area contributed by atoms with Crippen molar-refractivity contribution in [2.45, 2.75) is 45.6 Å². The minimum atomic E-state index is -0.761. The topological polar surface area (TPSA) is 66.3 Å². The Morgan fingerprint density at radius 1 is 1.56 bits per heavy atom. The van der Waals surface area contributed by atoms with Gasteiger partial charge in [0.1, 0.15) is 11.9 Å². The van der Waals surface area contributed by atoms with E-state index in [4.69, 9.17) is 0 Å². The second kappa shape index (κ2) is 5.22. The van der Waals surface area contributed by atoms with Crippen LogP contribution in [0.5, 0.6) is 0 Å². The fraction of sp³-hybridized carbons (Fsp3) is 0.750. The summed E-state index contributed by atoms with van der Waals surface area (Å²) in [6.45, 7) is 6.84. The third kappa shape index (κ3) is 2.48. The quantitative estimate of drug-likeness (QED) is 0.912. The van der Waals surface area contributed by atoms with Crippen molar-refractivity contribution >= 4 is 22.6 Å². The minimum Gasteiger partial charge on any atom is -0.480 e. The number of carbonyl (C=O) groups is 1. The summed E-state index contributed by atoms with van der Waals surface area (Å²) in [5, 5.41) is 10.1. The highest BCUT2D eigenvalue weighted by Gasteiger charge is 2.36. The van der Waals surface area contributed by atoms with Crippen LogP contribution < -0.4 is 4.90 Å². The third-order valence-electron chi connectivity index (χ3n) is 3.38. The van der Waals surface area contributed by atoms with Gasteiger partial charge in [-0.2, -0.15) is 4.37 Å². The van der Waals surface area contributed by atoms with Crippen LogP contribution in [0.2, 0.25) is 0 Å². The molecule has 0 aromatic carbocycles. The standard InChI is InChI=1S/C12H19N3O2S/c1-7(2)10-13-12(18-14-10)15-6-4-5-8(3)9(15)11(16)17/h7-9H,4-6H2,1-3H3,(H,16,17). The molecular formula is C12H19N3O2S. The summed E-state index contributed by atoms with van der Waals surface area (Å²) in [7, 11) is 0. The molecule has 2 atom stereocenters. The maximum Gasteiger partial charge on any atom is 0.326 e. The Kier molecular flexibility index (Phi) is 3.85. The van der Waals surface area contributed by atoms with Crippen LogP contribution in [0.15, 0.2) is 0 Å². The summed E-state index contributed by atoms with van der Waals surface area (Å²) in [4.78, 5) is 17.8. The Hall–Kier alpha value is -1.17. The summed E-state index contributed by atoms with van der Waals surface area (Å²) in [5.74, 6) is 0.476. The van der Waals surface area contributed by atoms with Gasteiger partial charge >= 0.3 is 5.97 Å². The van der Waals surface area contributed by atoms with Gasteiger partial charge in [-0.3, -0.25) is 0 Å². The zero-order valence-electron chi connectivity index (χ0n) is 11.0. The van der Waals surface area contributed by atoms with Crippen molar-refractivity contribution in [3.8, 4) is 0 Å². The largest absolute Gasteiger partial charge is 0.480 e. The first-order valence-electron chi connectivity index (χ1n) is 6.33. The molecule has 0 radical (unpaired) electrons. The molecule has 0 saturated carbocycles. The van der Waals surface area contributed by atoms with Gasteiger partial charge in [0.2, 0.25) is 5.13 Å². The predicted molar refractivity (Wildman–Crippen MR) is 71.2 cm³/mol. The fourth-order valence-electron chi connectivity index (χ4n) is 2.36. The average Bonchev–Trinajstić information content (AvgIpc) is 2.77. The Labute approximate surface area is 111 Å². The van der Waals surface area contributed by atoms with Gasteiger partial charge < -0.3 is 10.0 Å². The number of aromatic nitrogens is 2. The number of nitrogens with zero attached hydrogens (tertiary/aromatic N) is 3. The van der Waals surface area contributed by atoms with Crippen LogP contribution >= 0.6 is 11.5 Å². The maximum absolute atomic E-state index is 11.4. The van der Waals surface area contributed by atoms with E-state index in [1.54, 1.807) is 0 Å². The van der Waals surface area contributed by atoms with Crippen LogP contribution in [0.25, 0.3) is 0 Å². The first kappa shape index (κ1) is 13.3. The summed E-state index contributed by atoms with van der Waals surface area (Å²) < 4.78 is 4.31. The van der Waals surface area contributed by atoms with Gasteiger partial charge in [0, 0.05) is 24.0 Å². The summed E-state index contributed by atoms with van der Waals surface area (Å²) in [6, 6.07) is -0.466. The van der Waals surface area contributed by atoms with Crippen LogP contribution in [-0.2, 0) is 4.79 Å². The number of carboxylic acids is 1. The molecule has 2 unspecified atom stereocenters. The number of piperidine rings is 1. The van der Waals surface area contributed by atoms with Crippen molar-refractivity contribution in [3.05, 3.63) is 5.82 Å². The number of hydrogen-bond acceptors (Lipinski definition) is 5. The lowest BCUT2D eigenvalue weighted by atomic mass is 9.91. The lowest BCUT2D eigenvalue weighted by molar-refractivity contribution is -0.140. The molecule has 100 valence electrons. The zero-order chi connectivity index (χ0) is 13.3. The smallest absolute Gasteiger partial charge is 0.326 e. The zero-order valence-corrected chi connectivity index (χ0v) is 11.8. The van der Waals surface area contributed by atoms with Crippen LogP contribution in [0.1, 0.15) is 45.4 Å². The van der Waals surface area contributed by atoms with Crippen LogP contribution in [0.4, 0.5) is 5.13 Å². The van der Waals surface area contributed by atoms with Gasteiger partial charge in [-0.15, -0.1) is 0 Å². The molecular weight excluding hydrogens is 250 g/mol. The fourth-order valence-corrected chi connectivity index (χ4v) is 3.23. The molecule has 1 aromatic heterocycles. The van der Waals surface area contributed by atoms with Crippen molar-refractivity contribution in [1.82, 2.24) is 9.36 Å². The second-order valence-electron chi connectivity index (χ2n) is 5.19. The molecule has 6 heteroatoms. The highest BCUT2D eigenvalue weighted by molar-refractivity contribution is 7.09. The summed E-state index contributed by atoms with van der Waals surface area (Å²) >= 11 is 1.31. The third-order valence-corrected chi connectivity index (χ3v) is 4.15. The number of rotatable bonds is 3. The molecule has 1 aromatic rings. The van der Waals surface area contributed by atoms with Crippen molar-refractivity contribution in [1.29, 1.82) is 0 Å². The van der Waals surface area contributed by atoms with E-state index in [1.165, 1.54) is 11.5 Å². The van der Waals surface area contributed by atoms with Gasteiger partial charge in [0.15, 0.2) is 0 Å². The monoisotopic (exact) mass is 269 g/mol. The molecule has 1 N–H and O–H groups in total. The summed E-state index contributed by atoms with van der Waals surface area (Å²) in [5.41, 5.74) is 0. The van der Waals surface area contributed by atoms with Crippen LogP contribution in [-0.4, -0.2) is 33.0 Å². The van der Waals surface area contributed by atoms with E-state index < -0.39 is 12.0 Å². The average molecular weight is 269 g/mol. The van der Waals surface area contributed by atoms with E-state index in [0.717, 1.165) is 30.3 Å². The van der Waals surface area contributed by atoms with Gasteiger partial charge in [0.25, 0.3) is 0 Å². The van der Waals surface area contributed by atoms with Crippen LogP contribution in [0.3, 0.4) is 0 Å². The molecule has 1 saturated heterocycles. The van der Waals surface area contributed by atoms with Gasteiger partial charge in [-0.05, 0) is 18.8 Å². The van der Waals surface area contributed by atoms with E-state index in [-0.39, 0.29) is 11.8 Å². The Morgan fingerprint density at radius 3 is 2.83 bits per heavy atom. The Morgan fingerprint density at radius 2 is 2.28 bits per heavy atom.